The number of anilines is 1. The average Bonchev–Trinajstić information content (AvgIpc) is 2.76. The molecule has 154 valence electrons. The highest BCUT2D eigenvalue weighted by Crippen LogP contribution is 2.35. The van der Waals surface area contributed by atoms with Crippen molar-refractivity contribution < 1.29 is 23.8 Å². The van der Waals surface area contributed by atoms with E-state index in [1.807, 2.05) is 19.9 Å². The zero-order chi connectivity index (χ0) is 20.8. The van der Waals surface area contributed by atoms with E-state index in [1.54, 1.807) is 48.3 Å². The van der Waals surface area contributed by atoms with Gasteiger partial charge < -0.3 is 24.4 Å². The molecule has 1 heterocycles. The standard InChI is InChI=1S/C22H26N2O5/c1-4-12-28-18-11-10-15(13-19(18)27-5-2)22(26)24-14-20(21(25)23-3)29-17-9-7-6-8-16(17)24/h6-11,13,20H,4-5,12,14H2,1-3H3,(H,23,25). The summed E-state index contributed by atoms with van der Waals surface area (Å²) in [4.78, 5) is 27.1. The van der Waals surface area contributed by atoms with Crippen LogP contribution in [0.15, 0.2) is 42.5 Å². The summed E-state index contributed by atoms with van der Waals surface area (Å²) in [5, 5.41) is 2.58. The molecule has 3 rings (SSSR count). The van der Waals surface area contributed by atoms with E-state index in [4.69, 9.17) is 14.2 Å². The first-order valence-electron chi connectivity index (χ1n) is 9.77. The average molecular weight is 398 g/mol. The topological polar surface area (TPSA) is 77.1 Å². The van der Waals surface area contributed by atoms with Gasteiger partial charge in [-0.1, -0.05) is 19.1 Å². The summed E-state index contributed by atoms with van der Waals surface area (Å²) in [6.07, 6.45) is 0.0925. The van der Waals surface area contributed by atoms with Crippen LogP contribution in [0.1, 0.15) is 30.6 Å². The molecule has 0 aliphatic carbocycles. The maximum absolute atomic E-state index is 13.3. The largest absolute Gasteiger partial charge is 0.490 e. The number of hydrogen-bond acceptors (Lipinski definition) is 5. The number of nitrogens with one attached hydrogen (secondary N) is 1. The van der Waals surface area contributed by atoms with Gasteiger partial charge in [-0.05, 0) is 43.7 Å². The molecule has 2 amide bonds. The number of ether oxygens (including phenoxy) is 3. The number of carbonyl (C=O) groups excluding carboxylic acids is 2. The van der Waals surface area contributed by atoms with Crippen molar-refractivity contribution >= 4 is 17.5 Å². The van der Waals surface area contributed by atoms with E-state index < -0.39 is 6.10 Å². The van der Waals surface area contributed by atoms with E-state index in [1.165, 1.54) is 0 Å². The van der Waals surface area contributed by atoms with Crippen molar-refractivity contribution in [2.75, 3.05) is 31.7 Å². The normalized spacial score (nSPS) is 15.1. The summed E-state index contributed by atoms with van der Waals surface area (Å²) in [5.41, 5.74) is 1.08. The third-order valence-electron chi connectivity index (χ3n) is 4.51. The summed E-state index contributed by atoms with van der Waals surface area (Å²) in [6.45, 7) is 5.05. The number of nitrogens with zero attached hydrogens (tertiary/aromatic N) is 1. The lowest BCUT2D eigenvalue weighted by molar-refractivity contribution is -0.127. The molecule has 0 saturated heterocycles. The first kappa shape index (κ1) is 20.5. The van der Waals surface area contributed by atoms with E-state index in [-0.39, 0.29) is 18.4 Å². The van der Waals surface area contributed by atoms with Gasteiger partial charge in [-0.25, -0.2) is 0 Å². The number of likely N-dealkylation sites (N-methyl/N-ethyl adjacent to an activating group) is 1. The molecule has 7 heteroatoms. The van der Waals surface area contributed by atoms with Crippen LogP contribution in [0.4, 0.5) is 5.69 Å². The minimum absolute atomic E-state index is 0.119. The molecule has 0 aromatic heterocycles. The highest BCUT2D eigenvalue weighted by Gasteiger charge is 2.34. The minimum Gasteiger partial charge on any atom is -0.490 e. The lowest BCUT2D eigenvalue weighted by Gasteiger charge is -2.34. The lowest BCUT2D eigenvalue weighted by atomic mass is 10.1. The second-order valence-corrected chi connectivity index (χ2v) is 6.55. The second-order valence-electron chi connectivity index (χ2n) is 6.55. The Balaban J connectivity index is 1.94. The van der Waals surface area contributed by atoms with Crippen molar-refractivity contribution in [3.63, 3.8) is 0 Å². The Morgan fingerprint density at radius 2 is 1.93 bits per heavy atom. The van der Waals surface area contributed by atoms with E-state index in [9.17, 15) is 9.59 Å². The van der Waals surface area contributed by atoms with Gasteiger partial charge in [-0.15, -0.1) is 0 Å². The smallest absolute Gasteiger partial charge is 0.262 e. The summed E-state index contributed by atoms with van der Waals surface area (Å²) in [7, 11) is 1.54. The van der Waals surface area contributed by atoms with Crippen LogP contribution in [-0.2, 0) is 4.79 Å². The number of amides is 2. The number of para-hydroxylation sites is 2. The molecule has 0 bridgehead atoms. The summed E-state index contributed by atoms with van der Waals surface area (Å²) < 4.78 is 17.2. The molecule has 1 aliphatic heterocycles. The van der Waals surface area contributed by atoms with Crippen molar-refractivity contribution in [3.8, 4) is 17.2 Å². The van der Waals surface area contributed by atoms with E-state index in [2.05, 4.69) is 5.32 Å². The molecule has 0 spiro atoms. The van der Waals surface area contributed by atoms with Gasteiger partial charge >= 0.3 is 0 Å². The van der Waals surface area contributed by atoms with Gasteiger partial charge in [0.25, 0.3) is 11.8 Å². The van der Waals surface area contributed by atoms with E-state index in [0.717, 1.165) is 6.42 Å². The van der Waals surface area contributed by atoms with Crippen LogP contribution in [0.3, 0.4) is 0 Å². The predicted molar refractivity (Wildman–Crippen MR) is 110 cm³/mol. The van der Waals surface area contributed by atoms with Gasteiger partial charge in [-0.3, -0.25) is 9.59 Å². The molecular weight excluding hydrogens is 372 g/mol. The summed E-state index contributed by atoms with van der Waals surface area (Å²) >= 11 is 0. The van der Waals surface area contributed by atoms with Crippen molar-refractivity contribution in [1.82, 2.24) is 5.32 Å². The molecule has 0 radical (unpaired) electrons. The van der Waals surface area contributed by atoms with E-state index in [0.29, 0.717) is 41.7 Å². The molecule has 0 fully saturated rings. The van der Waals surface area contributed by atoms with Crippen LogP contribution in [0, 0.1) is 0 Å². The monoisotopic (exact) mass is 398 g/mol. The maximum Gasteiger partial charge on any atom is 0.262 e. The molecule has 1 unspecified atom stereocenters. The van der Waals surface area contributed by atoms with Crippen molar-refractivity contribution in [3.05, 3.63) is 48.0 Å². The predicted octanol–water partition coefficient (Wildman–Crippen LogP) is 3.03. The Morgan fingerprint density at radius 3 is 2.66 bits per heavy atom. The first-order chi connectivity index (χ1) is 14.1. The lowest BCUT2D eigenvalue weighted by Crippen LogP contribution is -2.50. The Kier molecular flexibility index (Phi) is 6.59. The van der Waals surface area contributed by atoms with Crippen LogP contribution >= 0.6 is 0 Å². The Hall–Kier alpha value is -3.22. The maximum atomic E-state index is 13.3. The van der Waals surface area contributed by atoms with Gasteiger partial charge in [0.1, 0.15) is 5.75 Å². The quantitative estimate of drug-likeness (QED) is 0.776. The van der Waals surface area contributed by atoms with Gasteiger partial charge in [0.2, 0.25) is 0 Å². The Morgan fingerprint density at radius 1 is 1.14 bits per heavy atom. The molecule has 1 atom stereocenters. The van der Waals surface area contributed by atoms with Crippen molar-refractivity contribution in [1.29, 1.82) is 0 Å². The van der Waals surface area contributed by atoms with Gasteiger partial charge in [0, 0.05) is 12.6 Å². The minimum atomic E-state index is -0.780. The Bertz CT molecular complexity index is 883. The highest BCUT2D eigenvalue weighted by molar-refractivity contribution is 6.08. The molecule has 1 aliphatic rings. The fourth-order valence-electron chi connectivity index (χ4n) is 3.12. The number of carbonyl (C=O) groups is 2. The molecule has 1 N–H and O–H groups in total. The second kappa shape index (κ2) is 9.32. The number of benzene rings is 2. The number of fused-ring (bicyclic) bond motifs is 1. The molecule has 0 saturated carbocycles. The van der Waals surface area contributed by atoms with Gasteiger partial charge in [0.05, 0.1) is 25.4 Å². The first-order valence-corrected chi connectivity index (χ1v) is 9.77. The zero-order valence-electron chi connectivity index (χ0n) is 16.9. The zero-order valence-corrected chi connectivity index (χ0v) is 16.9. The third kappa shape index (κ3) is 4.45. The van der Waals surface area contributed by atoms with Crippen LogP contribution < -0.4 is 24.4 Å². The highest BCUT2D eigenvalue weighted by atomic mass is 16.5. The fraction of sp³-hybridized carbons (Fsp3) is 0.364. The van der Waals surface area contributed by atoms with Crippen LogP contribution in [-0.4, -0.2) is 44.7 Å². The molecule has 29 heavy (non-hydrogen) atoms. The van der Waals surface area contributed by atoms with Crippen LogP contribution in [0.5, 0.6) is 17.2 Å². The van der Waals surface area contributed by atoms with Crippen molar-refractivity contribution in [2.45, 2.75) is 26.4 Å². The van der Waals surface area contributed by atoms with Gasteiger partial charge in [-0.2, -0.15) is 0 Å². The fourth-order valence-corrected chi connectivity index (χ4v) is 3.12. The number of rotatable bonds is 7. The van der Waals surface area contributed by atoms with E-state index >= 15 is 0 Å². The molecule has 7 nitrogen and oxygen atoms in total. The third-order valence-corrected chi connectivity index (χ3v) is 4.51. The Labute approximate surface area is 170 Å². The number of hydrogen-bond donors (Lipinski definition) is 1. The van der Waals surface area contributed by atoms with Crippen molar-refractivity contribution in [2.24, 2.45) is 0 Å². The van der Waals surface area contributed by atoms with Crippen LogP contribution in [0.25, 0.3) is 0 Å². The molecular formula is C22H26N2O5. The molecule has 2 aromatic carbocycles. The van der Waals surface area contributed by atoms with Gasteiger partial charge in [0.15, 0.2) is 17.6 Å². The van der Waals surface area contributed by atoms with Crippen LogP contribution in [0.2, 0.25) is 0 Å². The summed E-state index contributed by atoms with van der Waals surface area (Å²) in [5.74, 6) is 1.11. The summed E-state index contributed by atoms with van der Waals surface area (Å²) in [6, 6.07) is 12.3. The molecule has 2 aromatic rings. The SMILES string of the molecule is CCCOc1ccc(C(=O)N2CC(C(=O)NC)Oc3ccccc32)cc1OCC.